The van der Waals surface area contributed by atoms with E-state index in [4.69, 9.17) is 4.74 Å². The van der Waals surface area contributed by atoms with Crippen molar-refractivity contribution < 1.29 is 97.4 Å². The van der Waals surface area contributed by atoms with E-state index in [0.29, 0.717) is 83.0 Å². The Kier molecular flexibility index (Phi) is 29.8. The maximum atomic E-state index is 15.8. The normalized spacial score (nSPS) is 26.6. The summed E-state index contributed by atoms with van der Waals surface area (Å²) < 4.78 is 120. The predicted octanol–water partition coefficient (Wildman–Crippen LogP) is 6.76. The van der Waals surface area contributed by atoms with Crippen LogP contribution in [0.3, 0.4) is 0 Å². The van der Waals surface area contributed by atoms with E-state index >= 15 is 47.1 Å². The number of likely N-dealkylation sites (N-methyl/N-ethyl adjacent to an activating group) is 7. The van der Waals surface area contributed by atoms with Crippen molar-refractivity contribution in [2.45, 2.75) is 228 Å². The molecule has 10 atom stereocenters. The number of amides is 12. The highest BCUT2D eigenvalue weighted by molar-refractivity contribution is 6.01. The minimum absolute atomic E-state index is 0.0624. The zero-order valence-electron chi connectivity index (χ0n) is 65.4. The second kappa shape index (κ2) is 37.7. The molecule has 8 rings (SSSR count). The lowest BCUT2D eigenvalue weighted by Gasteiger charge is -2.51. The van der Waals surface area contributed by atoms with Crippen molar-refractivity contribution in [2.24, 2.45) is 11.8 Å². The van der Waals surface area contributed by atoms with Gasteiger partial charge in [-0.3, -0.25) is 57.5 Å². The number of carbonyl (C=O) groups excluding carboxylic acids is 12. The van der Waals surface area contributed by atoms with Crippen LogP contribution in [0.4, 0.5) is 35.1 Å². The van der Waals surface area contributed by atoms with Gasteiger partial charge in [0.15, 0.2) is 0 Å². The number of ether oxygens (including phenoxy) is 1. The molecule has 2 aliphatic carbocycles. The number of hydrogen-bond acceptors (Lipinski definition) is 13. The number of halogens is 8. The first-order valence-electron chi connectivity index (χ1n) is 38.6. The number of rotatable bonds is 13. The van der Waals surface area contributed by atoms with Gasteiger partial charge in [0.25, 0.3) is 0 Å². The Morgan fingerprint density at radius 1 is 0.622 bits per heavy atom. The number of piperidine rings is 1. The average molecular weight is 1570 g/mol. The molecule has 2 bridgehead atoms. The van der Waals surface area contributed by atoms with Crippen molar-refractivity contribution in [3.8, 4) is 0 Å². The molecule has 1 spiro atoms. The lowest BCUT2D eigenvalue weighted by atomic mass is 9.73. The molecule has 2 saturated carbocycles. The molecule has 2 aromatic carbocycles. The monoisotopic (exact) mass is 1570 g/mol. The highest BCUT2D eigenvalue weighted by atomic mass is 19.4. The third-order valence-corrected chi connectivity index (χ3v) is 23.4. The zero-order chi connectivity index (χ0) is 81.9. The van der Waals surface area contributed by atoms with Gasteiger partial charge in [0.05, 0.1) is 31.2 Å². The van der Waals surface area contributed by atoms with Gasteiger partial charge in [0.2, 0.25) is 70.9 Å². The molecule has 111 heavy (non-hydrogen) atoms. The number of likely N-dealkylation sites (tertiary alicyclic amines) is 1. The van der Waals surface area contributed by atoms with Crippen LogP contribution in [0.15, 0.2) is 48.6 Å². The van der Waals surface area contributed by atoms with Crippen molar-refractivity contribution in [1.29, 1.82) is 0 Å². The molecular weight excluding hydrogens is 1460 g/mol. The number of nitrogens with zero attached hydrogens (tertiary/aromatic N) is 10. The number of fused-ring (bicyclic) bond motifs is 3. The van der Waals surface area contributed by atoms with Gasteiger partial charge in [-0.15, -0.1) is 0 Å². The highest BCUT2D eigenvalue weighted by Crippen LogP contribution is 2.43. The van der Waals surface area contributed by atoms with Gasteiger partial charge in [-0.05, 0) is 138 Å². The first-order valence-corrected chi connectivity index (χ1v) is 38.6. The summed E-state index contributed by atoms with van der Waals surface area (Å²) in [4.78, 5) is 195. The van der Waals surface area contributed by atoms with Gasteiger partial charge in [-0.2, -0.15) is 26.3 Å². The molecule has 12 amide bonds. The largest absolute Gasteiger partial charge is 0.422 e. The highest BCUT2D eigenvalue weighted by Gasteiger charge is 2.57. The summed E-state index contributed by atoms with van der Waals surface area (Å²) in [6.07, 6.45) is -4.72. The molecular formula is C78H108F8N12O13. The van der Waals surface area contributed by atoms with Gasteiger partial charge in [0, 0.05) is 95.0 Å². The number of alkyl halides is 6. The van der Waals surface area contributed by atoms with E-state index in [-0.39, 0.29) is 63.8 Å². The summed E-state index contributed by atoms with van der Waals surface area (Å²) in [5.74, 6) is -14.7. The van der Waals surface area contributed by atoms with E-state index in [0.717, 1.165) is 62.2 Å². The van der Waals surface area contributed by atoms with Crippen LogP contribution in [0.1, 0.15) is 166 Å². The van der Waals surface area contributed by atoms with Crippen LogP contribution in [-0.4, -0.2) is 275 Å². The minimum atomic E-state index is -5.46. The van der Waals surface area contributed by atoms with Crippen molar-refractivity contribution in [3.63, 3.8) is 0 Å². The lowest BCUT2D eigenvalue weighted by Crippen LogP contribution is -2.68. The number of hydrogen-bond donors (Lipinski definition) is 2. The fourth-order valence-electron chi connectivity index (χ4n) is 16.3. The van der Waals surface area contributed by atoms with Crippen LogP contribution in [0, 0.1) is 23.5 Å². The molecule has 4 heterocycles. The van der Waals surface area contributed by atoms with E-state index in [1.165, 1.54) is 61.9 Å². The SMILES string of the molecule is CCC[C@H]1C(=O)N[C@@H]([C@@H](C)CC)C(=O)N(C)CC(=O)N(C)[C@@H]2C/C=C\CCN(C2=O)[C@@H](Cc2ccc(C(F)(F)F)cc2)C(=O)N(C)CC(=O)N[C@@H](CCc2cc(F)c(C(F)(F)F)c(F)c2)C(=O)N2C[C@H](OCC)C[C@H]2C(=O)N(C)C2(CCC2)C(=O)N(C)[C@@H](C2CCCC2)C(=O)N(C)[C@H](C(=O)N2CCCCC2)CC(=O)N1C. The van der Waals surface area contributed by atoms with Gasteiger partial charge in [-0.25, -0.2) is 8.78 Å². The average Bonchev–Trinajstić information content (AvgIpc) is 1.64. The Balaban J connectivity index is 1.24. The summed E-state index contributed by atoms with van der Waals surface area (Å²) in [7, 11) is 9.35. The third-order valence-electron chi connectivity index (χ3n) is 23.4. The Hall–Kier alpha value is -8.78. The Labute approximate surface area is 643 Å². The molecule has 25 nitrogen and oxygen atoms in total. The second-order valence-electron chi connectivity index (χ2n) is 30.7. The number of aryl methyl sites for hydroxylation is 1. The standard InChI is InChI=1S/C78H108F8N12O13/c1-12-24-56-67(102)88-65(47(4)13-2)73(108)90(6)46-63(101)92(8)57-27-17-15-22-38-97(72(57)107)59(41-48-28-31-51(32-29-48)77(81,82)83)69(104)89(5)45-61(99)87-55(33-30-49-39-53(79)64(54(80)40-49)78(84,85)86)68(103)98-44-52(111-14-3)42-60(98)70(105)95(11)76(34-23-35-76)75(110)94(10)66(50-25-18-19-26-50)74(109)93(9)58(43-62(100)91(56)7)71(106)96-36-20-16-21-37-96/h15,17,28-29,31-32,39-40,47,50,52,55-60,65-66H,12-14,16,18-27,30,33-38,41-46H2,1-11H3,(H,87,99)(H,88,102)/b17-15-/t47-,52+,55-,56-,57+,58-,59-,60-,65-,66-/m0/s1. The smallest absolute Gasteiger partial charge is 0.377 e. The molecule has 0 unspecified atom stereocenters. The number of nitrogens with one attached hydrogen (secondary N) is 2. The first-order chi connectivity index (χ1) is 52.3. The van der Waals surface area contributed by atoms with Gasteiger partial charge < -0.3 is 64.4 Å². The van der Waals surface area contributed by atoms with E-state index in [2.05, 4.69) is 10.6 Å². The topological polar surface area (TPSA) is 271 Å². The fourth-order valence-corrected chi connectivity index (χ4v) is 16.3. The molecule has 33 heteroatoms. The quantitative estimate of drug-likeness (QED) is 0.155. The van der Waals surface area contributed by atoms with E-state index in [1.54, 1.807) is 44.7 Å². The fraction of sp³-hybridized carbons (Fsp3) is 0.667. The maximum absolute atomic E-state index is 15.8. The molecule has 2 N–H and O–H groups in total. The van der Waals surface area contributed by atoms with E-state index < -0.39 is 222 Å². The summed E-state index contributed by atoms with van der Waals surface area (Å²) in [6.45, 7) is 5.40. The molecule has 614 valence electrons. The Morgan fingerprint density at radius 3 is 1.83 bits per heavy atom. The Morgan fingerprint density at radius 2 is 1.25 bits per heavy atom. The molecule has 5 fully saturated rings. The van der Waals surface area contributed by atoms with Crippen LogP contribution in [0.25, 0.3) is 0 Å². The van der Waals surface area contributed by atoms with Crippen molar-refractivity contribution in [3.05, 3.63) is 82.4 Å². The van der Waals surface area contributed by atoms with Crippen LogP contribution in [0.2, 0.25) is 0 Å². The lowest BCUT2D eigenvalue weighted by molar-refractivity contribution is -0.166. The number of carbonyl (C=O) groups is 12. The van der Waals surface area contributed by atoms with E-state index in [9.17, 15) is 45.5 Å². The van der Waals surface area contributed by atoms with Crippen molar-refractivity contribution >= 4 is 70.9 Å². The zero-order valence-corrected chi connectivity index (χ0v) is 65.4. The molecule has 2 aromatic rings. The number of benzene rings is 2. The second-order valence-corrected chi connectivity index (χ2v) is 30.7. The van der Waals surface area contributed by atoms with Gasteiger partial charge >= 0.3 is 12.4 Å². The van der Waals surface area contributed by atoms with Crippen LogP contribution < -0.4 is 10.6 Å². The molecule has 6 aliphatic rings. The molecule has 3 saturated heterocycles. The van der Waals surface area contributed by atoms with E-state index in [1.807, 2.05) is 0 Å². The molecule has 0 radical (unpaired) electrons. The van der Waals surface area contributed by atoms with Crippen molar-refractivity contribution in [1.82, 2.24) is 59.6 Å². The summed E-state index contributed by atoms with van der Waals surface area (Å²) in [5.41, 5.74) is -5.18. The van der Waals surface area contributed by atoms with Crippen LogP contribution in [-0.2, 0) is 87.5 Å². The molecule has 0 aromatic heterocycles. The summed E-state index contributed by atoms with van der Waals surface area (Å²) >= 11 is 0. The summed E-state index contributed by atoms with van der Waals surface area (Å²) in [5, 5.41) is 5.42. The van der Waals surface area contributed by atoms with Crippen LogP contribution >= 0.6 is 0 Å². The summed E-state index contributed by atoms with van der Waals surface area (Å²) in [6, 6.07) is -7.13. The minimum Gasteiger partial charge on any atom is -0.377 e. The van der Waals surface area contributed by atoms with Gasteiger partial charge in [0.1, 0.15) is 71.1 Å². The maximum Gasteiger partial charge on any atom is 0.422 e. The first kappa shape index (κ1) is 87.8. The van der Waals surface area contributed by atoms with Crippen molar-refractivity contribution in [2.75, 3.05) is 95.2 Å². The Bertz CT molecular complexity index is 3730. The van der Waals surface area contributed by atoms with Gasteiger partial charge in [-0.1, -0.05) is 70.7 Å². The van der Waals surface area contributed by atoms with Crippen LogP contribution in [0.5, 0.6) is 0 Å². The molecule has 4 aliphatic heterocycles. The third kappa shape index (κ3) is 20.4. The predicted molar refractivity (Wildman–Crippen MR) is 390 cm³/mol.